The Kier molecular flexibility index (Phi) is 14.2. The van der Waals surface area contributed by atoms with E-state index < -0.39 is 0 Å². The Morgan fingerprint density at radius 3 is 1.44 bits per heavy atom. The van der Waals surface area contributed by atoms with Crippen molar-refractivity contribution in [1.82, 2.24) is 0 Å². The molecule has 8 nitrogen and oxygen atoms in total. The molecule has 2 heterocycles. The number of para-hydroxylation sites is 2. The van der Waals surface area contributed by atoms with Crippen LogP contribution in [0.25, 0.3) is 0 Å². The van der Waals surface area contributed by atoms with Crippen molar-refractivity contribution >= 4 is 47.8 Å². The van der Waals surface area contributed by atoms with Gasteiger partial charge in [0.05, 0.1) is 38.2 Å². The Labute approximate surface area is 248 Å². The summed E-state index contributed by atoms with van der Waals surface area (Å²) in [5.41, 5.74) is 1.71. The topological polar surface area (TPSA) is 94.2 Å². The van der Waals surface area contributed by atoms with Crippen molar-refractivity contribution in [2.45, 2.75) is 13.8 Å². The minimum atomic E-state index is 0. The molecule has 2 aromatic carbocycles. The van der Waals surface area contributed by atoms with Gasteiger partial charge >= 0.3 is 16.5 Å². The van der Waals surface area contributed by atoms with E-state index in [-0.39, 0.29) is 16.5 Å². The molecule has 0 aliphatic carbocycles. The van der Waals surface area contributed by atoms with Crippen LogP contribution in [0.1, 0.15) is 36.5 Å². The van der Waals surface area contributed by atoms with E-state index in [1.165, 1.54) is 0 Å². The predicted molar refractivity (Wildman–Crippen MR) is 156 cm³/mol. The van der Waals surface area contributed by atoms with E-state index in [9.17, 15) is 0 Å². The van der Waals surface area contributed by atoms with Gasteiger partial charge in [-0.3, -0.25) is 0 Å². The summed E-state index contributed by atoms with van der Waals surface area (Å²) in [6.45, 7) is 5.08. The first-order valence-electron chi connectivity index (χ1n) is 11.7. The number of benzene rings is 2. The third-order valence-corrected chi connectivity index (χ3v) is 5.16. The number of hydrogen-bond acceptors (Lipinski definition) is 10. The fourth-order valence-corrected chi connectivity index (χ4v) is 3.26. The Morgan fingerprint density at radius 1 is 0.667 bits per heavy atom. The number of ether oxygens (including phenoxy) is 2. The summed E-state index contributed by atoms with van der Waals surface area (Å²) >= 11 is 10.1. The van der Waals surface area contributed by atoms with Gasteiger partial charge in [0.25, 0.3) is 0 Å². The van der Waals surface area contributed by atoms with Gasteiger partial charge in [0.1, 0.15) is 23.0 Å². The zero-order valence-corrected chi connectivity index (χ0v) is 23.8. The zero-order valence-electron chi connectivity index (χ0n) is 21.2. The van der Waals surface area contributed by atoms with Crippen molar-refractivity contribution in [3.63, 3.8) is 0 Å². The molecule has 2 aromatic heterocycles. The molecule has 0 bridgehead atoms. The summed E-state index contributed by atoms with van der Waals surface area (Å²) in [5.74, 6) is 2.61. The largest absolute Gasteiger partial charge is 2.00 e. The van der Waals surface area contributed by atoms with Gasteiger partial charge in [0, 0.05) is 11.1 Å². The van der Waals surface area contributed by atoms with Crippen LogP contribution in [0.15, 0.2) is 115 Å². The molecule has 0 fully saturated rings. The number of hydrogen-bond donors (Lipinski definition) is 0. The molecule has 0 saturated heterocycles. The SMILES string of the molecule is CCOc1ccccc1/C=N/N=C(\[S-])c1ccco1.CCOc1ccccc1/C=N/N=C(\[S-])c1ccco1.[Ni+2]. The van der Waals surface area contributed by atoms with E-state index in [0.29, 0.717) is 34.8 Å². The Bertz CT molecular complexity index is 1270. The summed E-state index contributed by atoms with van der Waals surface area (Å²) in [6, 6.07) is 22.2. The minimum absolute atomic E-state index is 0. The van der Waals surface area contributed by atoms with Crippen LogP contribution in [-0.4, -0.2) is 35.7 Å². The Hall–Kier alpha value is -3.79. The van der Waals surface area contributed by atoms with Gasteiger partial charge in [-0.05, 0) is 72.5 Å². The van der Waals surface area contributed by atoms with Gasteiger partial charge in [-0.1, -0.05) is 24.3 Å². The fourth-order valence-electron chi connectivity index (χ4n) is 2.93. The van der Waals surface area contributed by atoms with Crippen LogP contribution in [-0.2, 0) is 41.7 Å². The van der Waals surface area contributed by atoms with Gasteiger partial charge in [-0.15, -0.1) is 0 Å². The molecule has 0 aliphatic rings. The van der Waals surface area contributed by atoms with Crippen molar-refractivity contribution in [3.8, 4) is 11.5 Å². The second kappa shape index (κ2) is 17.7. The van der Waals surface area contributed by atoms with Crippen LogP contribution in [0.4, 0.5) is 0 Å². The molecular formula is C28H26N4NiO4S2. The van der Waals surface area contributed by atoms with Gasteiger partial charge in [0.2, 0.25) is 0 Å². The maximum absolute atomic E-state index is 5.48. The predicted octanol–water partition coefficient (Wildman–Crippen LogP) is 6.01. The first-order valence-corrected chi connectivity index (χ1v) is 12.5. The van der Waals surface area contributed by atoms with Crippen LogP contribution in [0.5, 0.6) is 11.5 Å². The molecule has 0 aliphatic heterocycles. The van der Waals surface area contributed by atoms with E-state index in [1.807, 2.05) is 62.4 Å². The quantitative estimate of drug-likeness (QED) is 0.0723. The van der Waals surface area contributed by atoms with Crippen molar-refractivity contribution in [3.05, 3.63) is 108 Å². The van der Waals surface area contributed by atoms with Gasteiger partial charge in [-0.2, -0.15) is 20.4 Å². The third kappa shape index (κ3) is 10.5. The first-order chi connectivity index (χ1) is 18.6. The van der Waals surface area contributed by atoms with Crippen molar-refractivity contribution in [2.24, 2.45) is 20.4 Å². The van der Waals surface area contributed by atoms with Crippen molar-refractivity contribution < 1.29 is 34.8 Å². The van der Waals surface area contributed by atoms with Gasteiger partial charge in [0.15, 0.2) is 0 Å². The summed E-state index contributed by atoms with van der Waals surface area (Å²) in [4.78, 5) is 0. The summed E-state index contributed by atoms with van der Waals surface area (Å²) in [6.07, 6.45) is 6.32. The monoisotopic (exact) mass is 604 g/mol. The fraction of sp³-hybridized carbons (Fsp3) is 0.143. The molecule has 0 atom stereocenters. The maximum atomic E-state index is 5.48. The summed E-state index contributed by atoms with van der Waals surface area (Å²) in [5, 5.41) is 16.4. The normalized spacial score (nSPS) is 11.6. The number of nitrogens with zero attached hydrogens (tertiary/aromatic N) is 4. The van der Waals surface area contributed by atoms with E-state index in [1.54, 1.807) is 49.2 Å². The number of rotatable bonds is 10. The van der Waals surface area contributed by atoms with Crippen LogP contribution < -0.4 is 9.47 Å². The molecule has 0 N–H and O–H groups in total. The standard InChI is InChI=1S/2C14H14N2O2S.Ni/c2*1-2-17-12-7-4-3-6-11(12)10-15-16-14(19)13-8-5-9-18-13;/h2*3-10H,2H2,1H3,(H,16,19);/q;;+2/p-2/b2*15-10+;. The molecule has 0 unspecified atom stereocenters. The average molecular weight is 605 g/mol. The molecule has 11 heteroatoms. The summed E-state index contributed by atoms with van der Waals surface area (Å²) in [7, 11) is 0. The molecule has 204 valence electrons. The molecule has 0 amide bonds. The van der Waals surface area contributed by atoms with E-state index in [2.05, 4.69) is 20.4 Å². The Morgan fingerprint density at radius 2 is 1.08 bits per heavy atom. The minimum Gasteiger partial charge on any atom is -0.755 e. The third-order valence-electron chi connectivity index (χ3n) is 4.59. The second-order valence-electron chi connectivity index (χ2n) is 7.20. The van der Waals surface area contributed by atoms with Crippen LogP contribution in [0.3, 0.4) is 0 Å². The molecule has 0 radical (unpaired) electrons. The van der Waals surface area contributed by atoms with E-state index in [4.69, 9.17) is 43.6 Å². The number of furan rings is 2. The molecule has 4 aromatic rings. The second-order valence-corrected chi connectivity index (χ2v) is 7.97. The van der Waals surface area contributed by atoms with E-state index in [0.717, 1.165) is 22.6 Å². The van der Waals surface area contributed by atoms with Crippen LogP contribution in [0, 0.1) is 0 Å². The van der Waals surface area contributed by atoms with E-state index >= 15 is 0 Å². The zero-order chi connectivity index (χ0) is 27.0. The van der Waals surface area contributed by atoms with Crippen LogP contribution >= 0.6 is 0 Å². The Balaban J connectivity index is 0.000000267. The smallest absolute Gasteiger partial charge is 0.755 e. The molecule has 0 saturated carbocycles. The first kappa shape index (κ1) is 31.4. The van der Waals surface area contributed by atoms with Gasteiger partial charge < -0.3 is 43.6 Å². The molecule has 0 spiro atoms. The van der Waals surface area contributed by atoms with Crippen molar-refractivity contribution in [2.75, 3.05) is 13.2 Å². The van der Waals surface area contributed by atoms with Crippen LogP contribution in [0.2, 0.25) is 0 Å². The van der Waals surface area contributed by atoms with Gasteiger partial charge in [-0.25, -0.2) is 0 Å². The molecule has 39 heavy (non-hydrogen) atoms. The molecule has 4 rings (SSSR count). The summed E-state index contributed by atoms with van der Waals surface area (Å²) < 4.78 is 21.2. The average Bonchev–Trinajstić information content (AvgIpc) is 3.67. The maximum Gasteiger partial charge on any atom is 2.00 e. The molecular weight excluding hydrogens is 579 g/mol. The van der Waals surface area contributed by atoms with Crippen molar-refractivity contribution in [1.29, 1.82) is 0 Å².